The van der Waals surface area contributed by atoms with E-state index in [9.17, 15) is 18.0 Å². The number of rotatable bonds is 3. The van der Waals surface area contributed by atoms with E-state index in [0.717, 1.165) is 23.0 Å². The average molecular weight is 396 g/mol. The number of carbonyl (C=O) groups excluding carboxylic acids is 1. The maximum Gasteiger partial charge on any atom is 0.416 e. The molecule has 0 aliphatic carbocycles. The molecule has 0 unspecified atom stereocenters. The van der Waals surface area contributed by atoms with Crippen LogP contribution in [0.4, 0.5) is 18.9 Å². The molecule has 4 rings (SSSR count). The molecule has 2 heterocycles. The second-order valence-electron chi connectivity index (χ2n) is 6.45. The highest BCUT2D eigenvalue weighted by Crippen LogP contribution is 2.30. The van der Waals surface area contributed by atoms with Gasteiger partial charge in [0.1, 0.15) is 0 Å². The minimum atomic E-state index is -4.42. The molecule has 4 aromatic rings. The molecule has 0 aliphatic rings. The van der Waals surface area contributed by atoms with Gasteiger partial charge in [0.15, 0.2) is 5.82 Å². The monoisotopic (exact) mass is 396 g/mol. The number of halogens is 3. The van der Waals surface area contributed by atoms with Crippen molar-refractivity contribution in [3.05, 3.63) is 83.7 Å². The van der Waals surface area contributed by atoms with E-state index >= 15 is 0 Å². The lowest BCUT2D eigenvalue weighted by atomic mass is 10.2. The number of fused-ring (bicyclic) bond motifs is 1. The lowest BCUT2D eigenvalue weighted by molar-refractivity contribution is -0.137. The van der Waals surface area contributed by atoms with E-state index in [1.165, 1.54) is 18.3 Å². The first kappa shape index (κ1) is 18.7. The van der Waals surface area contributed by atoms with Crippen LogP contribution in [0.5, 0.6) is 0 Å². The zero-order chi connectivity index (χ0) is 20.6. The Morgan fingerprint density at radius 2 is 1.72 bits per heavy atom. The van der Waals surface area contributed by atoms with Crippen molar-refractivity contribution in [2.45, 2.75) is 13.1 Å². The lowest BCUT2D eigenvalue weighted by Gasteiger charge is -2.09. The highest BCUT2D eigenvalue weighted by atomic mass is 19.4. The summed E-state index contributed by atoms with van der Waals surface area (Å²) in [6.45, 7) is 1.73. The largest absolute Gasteiger partial charge is 0.416 e. The van der Waals surface area contributed by atoms with E-state index < -0.39 is 17.6 Å². The number of amides is 1. The third-order valence-corrected chi connectivity index (χ3v) is 4.53. The maximum absolute atomic E-state index is 12.7. The number of alkyl halides is 3. The summed E-state index contributed by atoms with van der Waals surface area (Å²) in [5.41, 5.74) is 1.16. The van der Waals surface area contributed by atoms with Crippen LogP contribution in [0, 0.1) is 6.92 Å². The van der Waals surface area contributed by atoms with Crippen molar-refractivity contribution in [1.29, 1.82) is 0 Å². The van der Waals surface area contributed by atoms with Gasteiger partial charge in [-0.05, 0) is 49.4 Å². The Bertz CT molecular complexity index is 1200. The molecule has 146 valence electrons. The first-order valence-corrected chi connectivity index (χ1v) is 8.72. The number of hydrogen-bond acceptors (Lipinski definition) is 3. The molecule has 0 aliphatic heterocycles. The number of nitrogens with zero attached hydrogens (tertiary/aromatic N) is 3. The highest BCUT2D eigenvalue weighted by molar-refractivity contribution is 6.05. The predicted molar refractivity (Wildman–Crippen MR) is 103 cm³/mol. The van der Waals surface area contributed by atoms with Gasteiger partial charge in [0.05, 0.1) is 28.5 Å². The molecule has 1 amide bonds. The average Bonchev–Trinajstić information content (AvgIpc) is 3.09. The van der Waals surface area contributed by atoms with Gasteiger partial charge >= 0.3 is 6.18 Å². The molecule has 0 spiro atoms. The molecule has 8 heteroatoms. The van der Waals surface area contributed by atoms with Crippen molar-refractivity contribution in [2.24, 2.45) is 0 Å². The normalized spacial score (nSPS) is 11.6. The second kappa shape index (κ2) is 7.05. The molecule has 29 heavy (non-hydrogen) atoms. The minimum Gasteiger partial charge on any atom is -0.322 e. The van der Waals surface area contributed by atoms with Gasteiger partial charge in [-0.1, -0.05) is 18.2 Å². The number of benzene rings is 2. The van der Waals surface area contributed by atoms with E-state index in [0.29, 0.717) is 17.1 Å². The number of pyridine rings is 1. The van der Waals surface area contributed by atoms with Crippen LogP contribution in [-0.4, -0.2) is 20.7 Å². The molecule has 2 aromatic carbocycles. The quantitative estimate of drug-likeness (QED) is 0.530. The molecule has 2 aromatic heterocycles. The number of para-hydroxylation sites is 1. The summed E-state index contributed by atoms with van der Waals surface area (Å²) in [5, 5.41) is 7.83. The SMILES string of the molecule is Cc1c(C(=O)Nc2ccc(C(F)(F)F)cc2)cnn1-c1ccc2ccccc2n1. The zero-order valence-corrected chi connectivity index (χ0v) is 15.2. The fraction of sp³-hybridized carbons (Fsp3) is 0.0952. The number of aromatic nitrogens is 3. The van der Waals surface area contributed by atoms with Gasteiger partial charge in [-0.25, -0.2) is 9.67 Å². The van der Waals surface area contributed by atoms with Crippen LogP contribution in [0.15, 0.2) is 66.9 Å². The lowest BCUT2D eigenvalue weighted by Crippen LogP contribution is -2.13. The molecule has 0 atom stereocenters. The van der Waals surface area contributed by atoms with Crippen LogP contribution in [0.25, 0.3) is 16.7 Å². The summed E-state index contributed by atoms with van der Waals surface area (Å²) in [7, 11) is 0. The molecule has 0 fully saturated rings. The van der Waals surface area contributed by atoms with Crippen LogP contribution in [0.2, 0.25) is 0 Å². The van der Waals surface area contributed by atoms with Crippen molar-refractivity contribution < 1.29 is 18.0 Å². The molecule has 5 nitrogen and oxygen atoms in total. The summed E-state index contributed by atoms with van der Waals surface area (Å²) in [6, 6.07) is 15.6. The van der Waals surface area contributed by atoms with Crippen LogP contribution in [0.1, 0.15) is 21.6 Å². The number of nitrogens with one attached hydrogen (secondary N) is 1. The van der Waals surface area contributed by atoms with Crippen molar-refractivity contribution in [2.75, 3.05) is 5.32 Å². The van der Waals surface area contributed by atoms with Gasteiger partial charge in [0.25, 0.3) is 5.91 Å². The van der Waals surface area contributed by atoms with Crippen LogP contribution < -0.4 is 5.32 Å². The Kier molecular flexibility index (Phi) is 4.54. The van der Waals surface area contributed by atoms with Gasteiger partial charge in [0, 0.05) is 11.1 Å². The van der Waals surface area contributed by atoms with E-state index in [1.54, 1.807) is 17.7 Å². The van der Waals surface area contributed by atoms with Crippen molar-refractivity contribution in [1.82, 2.24) is 14.8 Å². The molecule has 0 radical (unpaired) electrons. The summed E-state index contributed by atoms with van der Waals surface area (Å²) in [5.74, 6) is 0.101. The van der Waals surface area contributed by atoms with Crippen molar-refractivity contribution >= 4 is 22.5 Å². The van der Waals surface area contributed by atoms with E-state index in [4.69, 9.17) is 0 Å². The second-order valence-corrected chi connectivity index (χ2v) is 6.45. The summed E-state index contributed by atoms with van der Waals surface area (Å²) in [4.78, 5) is 17.1. The van der Waals surface area contributed by atoms with Gasteiger partial charge < -0.3 is 5.32 Å². The first-order chi connectivity index (χ1) is 13.8. The highest BCUT2D eigenvalue weighted by Gasteiger charge is 2.30. The molecule has 0 saturated heterocycles. The Morgan fingerprint density at radius 3 is 2.45 bits per heavy atom. The van der Waals surface area contributed by atoms with Crippen LogP contribution in [-0.2, 0) is 6.18 Å². The van der Waals surface area contributed by atoms with Crippen LogP contribution >= 0.6 is 0 Å². The molecule has 1 N–H and O–H groups in total. The molecular formula is C21H15F3N4O. The van der Waals surface area contributed by atoms with E-state index in [-0.39, 0.29) is 5.69 Å². The zero-order valence-electron chi connectivity index (χ0n) is 15.2. The van der Waals surface area contributed by atoms with E-state index in [1.807, 2.05) is 30.3 Å². The minimum absolute atomic E-state index is 0.263. The number of anilines is 1. The third-order valence-electron chi connectivity index (χ3n) is 4.53. The summed E-state index contributed by atoms with van der Waals surface area (Å²) < 4.78 is 39.5. The van der Waals surface area contributed by atoms with Gasteiger partial charge in [0.2, 0.25) is 0 Å². The summed E-state index contributed by atoms with van der Waals surface area (Å²) >= 11 is 0. The fourth-order valence-electron chi connectivity index (χ4n) is 2.98. The Balaban J connectivity index is 1.58. The molecular weight excluding hydrogens is 381 g/mol. The first-order valence-electron chi connectivity index (χ1n) is 8.72. The van der Waals surface area contributed by atoms with Crippen molar-refractivity contribution in [3.63, 3.8) is 0 Å². The Hall–Kier alpha value is -3.68. The predicted octanol–water partition coefficient (Wildman–Crippen LogP) is 5.00. The number of hydrogen-bond donors (Lipinski definition) is 1. The number of carbonyl (C=O) groups is 1. The fourth-order valence-corrected chi connectivity index (χ4v) is 2.98. The molecule has 0 saturated carbocycles. The van der Waals surface area contributed by atoms with Crippen molar-refractivity contribution in [3.8, 4) is 5.82 Å². The Labute approximate surface area is 163 Å². The third kappa shape index (κ3) is 3.69. The van der Waals surface area contributed by atoms with Gasteiger partial charge in [-0.3, -0.25) is 4.79 Å². The Morgan fingerprint density at radius 1 is 1.00 bits per heavy atom. The molecule has 0 bridgehead atoms. The summed E-state index contributed by atoms with van der Waals surface area (Å²) in [6.07, 6.45) is -3.02. The van der Waals surface area contributed by atoms with Crippen LogP contribution in [0.3, 0.4) is 0 Å². The smallest absolute Gasteiger partial charge is 0.322 e. The topological polar surface area (TPSA) is 59.8 Å². The maximum atomic E-state index is 12.7. The standard InChI is InChI=1S/C21H15F3N4O/c1-13-17(20(29)26-16-9-7-15(8-10-16)21(22,23)24)12-25-28(13)19-11-6-14-4-2-3-5-18(14)27-19/h2-12H,1H3,(H,26,29). The van der Waals surface area contributed by atoms with E-state index in [2.05, 4.69) is 15.4 Å². The van der Waals surface area contributed by atoms with Gasteiger partial charge in [-0.2, -0.15) is 18.3 Å². The van der Waals surface area contributed by atoms with Gasteiger partial charge in [-0.15, -0.1) is 0 Å².